The van der Waals surface area contributed by atoms with Crippen LogP contribution in [0.5, 0.6) is 0 Å². The Hall–Kier alpha value is -1.20. The topological polar surface area (TPSA) is 61.8 Å². The third kappa shape index (κ3) is 6.86. The van der Waals surface area contributed by atoms with Gasteiger partial charge < -0.3 is 14.2 Å². The number of hydrogen-bond acceptors (Lipinski definition) is 5. The summed E-state index contributed by atoms with van der Waals surface area (Å²) in [6.07, 6.45) is 2.97. The van der Waals surface area contributed by atoms with Crippen molar-refractivity contribution in [1.82, 2.24) is 0 Å². The SMILES string of the molecule is C.COC(=O)/C=C1\CCOC1.O=C1CCOC1. The minimum absolute atomic E-state index is 0. The number of esters is 1. The normalized spacial score (nSPS) is 20.5. The van der Waals surface area contributed by atoms with Gasteiger partial charge in [0.15, 0.2) is 5.78 Å². The van der Waals surface area contributed by atoms with Gasteiger partial charge in [-0.25, -0.2) is 4.79 Å². The smallest absolute Gasteiger partial charge is 0.330 e. The van der Waals surface area contributed by atoms with Gasteiger partial charge in [0.1, 0.15) is 6.61 Å². The maximum Gasteiger partial charge on any atom is 0.330 e. The second-order valence-electron chi connectivity index (χ2n) is 3.47. The van der Waals surface area contributed by atoms with Crippen molar-refractivity contribution in [3.8, 4) is 0 Å². The average Bonchev–Trinajstić information content (AvgIpc) is 2.92. The van der Waals surface area contributed by atoms with E-state index in [1.807, 2.05) is 0 Å². The summed E-state index contributed by atoms with van der Waals surface area (Å²) in [6.45, 7) is 2.29. The molecule has 0 amide bonds. The Morgan fingerprint density at radius 3 is 2.24 bits per heavy atom. The summed E-state index contributed by atoms with van der Waals surface area (Å²) in [5, 5.41) is 0. The van der Waals surface area contributed by atoms with Crippen LogP contribution in [0.1, 0.15) is 20.3 Å². The number of ether oxygens (including phenoxy) is 3. The largest absolute Gasteiger partial charge is 0.466 e. The zero-order valence-corrected chi connectivity index (χ0v) is 9.36. The van der Waals surface area contributed by atoms with Gasteiger partial charge in [-0.15, -0.1) is 0 Å². The molecule has 2 aliphatic rings. The first-order valence-electron chi connectivity index (χ1n) is 5.17. The van der Waals surface area contributed by atoms with Crippen LogP contribution in [0, 0.1) is 0 Å². The van der Waals surface area contributed by atoms with Crippen LogP contribution in [0.4, 0.5) is 0 Å². The molecule has 0 aliphatic carbocycles. The molecule has 0 aromatic heterocycles. The fraction of sp³-hybridized carbons (Fsp3) is 0.667. The van der Waals surface area contributed by atoms with E-state index in [9.17, 15) is 9.59 Å². The third-order valence-corrected chi connectivity index (χ3v) is 2.17. The molecule has 5 nitrogen and oxygen atoms in total. The fourth-order valence-corrected chi connectivity index (χ4v) is 1.26. The van der Waals surface area contributed by atoms with Gasteiger partial charge in [-0.05, 0) is 12.0 Å². The summed E-state index contributed by atoms with van der Waals surface area (Å²) in [6, 6.07) is 0. The minimum atomic E-state index is -0.291. The molecule has 17 heavy (non-hydrogen) atoms. The molecule has 2 saturated heterocycles. The highest BCUT2D eigenvalue weighted by atomic mass is 16.5. The van der Waals surface area contributed by atoms with E-state index in [0.717, 1.165) is 18.6 Å². The molecule has 0 aromatic carbocycles. The molecule has 98 valence electrons. The molecule has 0 aromatic rings. The Balaban J connectivity index is 0.000000316. The van der Waals surface area contributed by atoms with Crippen LogP contribution in [0.15, 0.2) is 11.6 Å². The van der Waals surface area contributed by atoms with Crippen LogP contribution in [0.25, 0.3) is 0 Å². The Labute approximate surface area is 102 Å². The summed E-state index contributed by atoms with van der Waals surface area (Å²) in [7, 11) is 1.37. The predicted octanol–water partition coefficient (Wildman–Crippen LogP) is 1.12. The molecule has 0 radical (unpaired) electrons. The number of rotatable bonds is 1. The van der Waals surface area contributed by atoms with Gasteiger partial charge in [0, 0.05) is 12.5 Å². The number of ketones is 1. The van der Waals surface area contributed by atoms with Crippen molar-refractivity contribution in [2.75, 3.05) is 33.5 Å². The second kappa shape index (κ2) is 8.90. The van der Waals surface area contributed by atoms with Crippen molar-refractivity contribution in [2.24, 2.45) is 0 Å². The van der Waals surface area contributed by atoms with E-state index >= 15 is 0 Å². The van der Waals surface area contributed by atoms with E-state index in [1.54, 1.807) is 0 Å². The first-order chi connectivity index (χ1) is 7.72. The van der Waals surface area contributed by atoms with E-state index in [0.29, 0.717) is 26.2 Å². The zero-order chi connectivity index (χ0) is 11.8. The lowest BCUT2D eigenvalue weighted by atomic mass is 10.2. The summed E-state index contributed by atoms with van der Waals surface area (Å²) < 4.78 is 14.2. The van der Waals surface area contributed by atoms with Crippen LogP contribution in [-0.4, -0.2) is 45.3 Å². The van der Waals surface area contributed by atoms with Crippen LogP contribution in [-0.2, 0) is 23.8 Å². The standard InChI is InChI=1S/C7H10O3.C4H6O2.CH4/c1-9-7(8)4-6-2-3-10-5-6;5-4-1-2-6-3-4;/h4H,2-3,5H2,1H3;1-3H2;1H4/b6-4+;;. The van der Waals surface area contributed by atoms with Gasteiger partial charge >= 0.3 is 5.97 Å². The summed E-state index contributed by atoms with van der Waals surface area (Å²) >= 11 is 0. The molecule has 0 spiro atoms. The molecule has 2 heterocycles. The van der Waals surface area contributed by atoms with Gasteiger partial charge in [-0.1, -0.05) is 7.43 Å². The Morgan fingerprint density at radius 1 is 1.24 bits per heavy atom. The van der Waals surface area contributed by atoms with Crippen molar-refractivity contribution < 1.29 is 23.8 Å². The molecular formula is C12H20O5. The van der Waals surface area contributed by atoms with Crippen LogP contribution in [0.2, 0.25) is 0 Å². The van der Waals surface area contributed by atoms with Crippen molar-refractivity contribution in [3.05, 3.63) is 11.6 Å². The van der Waals surface area contributed by atoms with Crippen molar-refractivity contribution in [2.45, 2.75) is 20.3 Å². The van der Waals surface area contributed by atoms with Crippen LogP contribution >= 0.6 is 0 Å². The average molecular weight is 244 g/mol. The lowest BCUT2D eigenvalue weighted by Crippen LogP contribution is -1.96. The van der Waals surface area contributed by atoms with Gasteiger partial charge in [-0.3, -0.25) is 4.79 Å². The monoisotopic (exact) mass is 244 g/mol. The molecule has 5 heteroatoms. The molecule has 2 fully saturated rings. The van der Waals surface area contributed by atoms with E-state index < -0.39 is 0 Å². The van der Waals surface area contributed by atoms with Crippen molar-refractivity contribution in [1.29, 1.82) is 0 Å². The second-order valence-corrected chi connectivity index (χ2v) is 3.47. The van der Waals surface area contributed by atoms with Gasteiger partial charge in [-0.2, -0.15) is 0 Å². The quantitative estimate of drug-likeness (QED) is 0.511. The molecule has 0 saturated carbocycles. The fourth-order valence-electron chi connectivity index (χ4n) is 1.26. The summed E-state index contributed by atoms with van der Waals surface area (Å²) in [5.74, 6) is -0.0597. The van der Waals surface area contributed by atoms with Crippen molar-refractivity contribution in [3.63, 3.8) is 0 Å². The van der Waals surface area contributed by atoms with E-state index in [4.69, 9.17) is 9.47 Å². The Morgan fingerprint density at radius 2 is 1.88 bits per heavy atom. The lowest BCUT2D eigenvalue weighted by Gasteiger charge is -1.92. The summed E-state index contributed by atoms with van der Waals surface area (Å²) in [4.78, 5) is 20.7. The lowest BCUT2D eigenvalue weighted by molar-refractivity contribution is -0.134. The first-order valence-corrected chi connectivity index (χ1v) is 5.17. The molecule has 2 rings (SSSR count). The number of methoxy groups -OCH3 is 1. The number of carbonyl (C=O) groups is 2. The Kier molecular flexibility index (Phi) is 8.27. The number of hydrogen-bond donors (Lipinski definition) is 0. The van der Waals surface area contributed by atoms with Gasteiger partial charge in [0.25, 0.3) is 0 Å². The highest BCUT2D eigenvalue weighted by molar-refractivity contribution is 5.82. The van der Waals surface area contributed by atoms with E-state index in [1.165, 1.54) is 13.2 Å². The van der Waals surface area contributed by atoms with Crippen LogP contribution < -0.4 is 0 Å². The van der Waals surface area contributed by atoms with Gasteiger partial charge in [0.05, 0.1) is 26.9 Å². The predicted molar refractivity (Wildman–Crippen MR) is 62.7 cm³/mol. The highest BCUT2D eigenvalue weighted by Gasteiger charge is 2.08. The molecule has 0 atom stereocenters. The number of Topliss-reactive ketones (excluding diaryl/α,β-unsaturated/α-hetero) is 1. The van der Waals surface area contributed by atoms with Gasteiger partial charge in [0.2, 0.25) is 0 Å². The van der Waals surface area contributed by atoms with Crippen molar-refractivity contribution >= 4 is 11.8 Å². The third-order valence-electron chi connectivity index (χ3n) is 2.17. The Bertz CT molecular complexity index is 267. The highest BCUT2D eigenvalue weighted by Crippen LogP contribution is 2.10. The molecule has 2 aliphatic heterocycles. The summed E-state index contributed by atoms with van der Waals surface area (Å²) in [5.41, 5.74) is 1.02. The first kappa shape index (κ1) is 15.8. The number of carbonyl (C=O) groups excluding carboxylic acids is 2. The van der Waals surface area contributed by atoms with E-state index in [2.05, 4.69) is 4.74 Å². The molecule has 0 N–H and O–H groups in total. The molecule has 0 unspecified atom stereocenters. The minimum Gasteiger partial charge on any atom is -0.466 e. The van der Waals surface area contributed by atoms with E-state index in [-0.39, 0.29) is 19.2 Å². The zero-order valence-electron chi connectivity index (χ0n) is 9.36. The maximum atomic E-state index is 10.6. The maximum absolute atomic E-state index is 10.6. The molecule has 0 bridgehead atoms. The van der Waals surface area contributed by atoms with Crippen LogP contribution in [0.3, 0.4) is 0 Å². The molecular weight excluding hydrogens is 224 g/mol.